The monoisotopic (exact) mass is 395 g/mol. The highest BCUT2D eigenvalue weighted by molar-refractivity contribution is 5.73. The highest BCUT2D eigenvalue weighted by Gasteiger charge is 2.20. The molecule has 0 bridgehead atoms. The quantitative estimate of drug-likeness (QED) is 0.844. The van der Waals surface area contributed by atoms with Crippen LogP contribution in [-0.2, 0) is 4.79 Å². The SMILES string of the molecule is CC(=O)N1CCN(c2ccnc(Nc3ccc(N4CCN(C)CC4)cc3)n2)CC1. The highest BCUT2D eigenvalue weighted by Crippen LogP contribution is 2.22. The molecule has 2 aliphatic heterocycles. The number of piperazine rings is 2. The highest BCUT2D eigenvalue weighted by atomic mass is 16.2. The lowest BCUT2D eigenvalue weighted by Crippen LogP contribution is -2.48. The summed E-state index contributed by atoms with van der Waals surface area (Å²) in [6, 6.07) is 10.4. The molecule has 0 atom stereocenters. The molecule has 0 unspecified atom stereocenters. The van der Waals surface area contributed by atoms with Crippen LogP contribution in [0.4, 0.5) is 23.1 Å². The van der Waals surface area contributed by atoms with Gasteiger partial charge in [-0.3, -0.25) is 4.79 Å². The van der Waals surface area contributed by atoms with E-state index in [0.29, 0.717) is 5.95 Å². The lowest BCUT2D eigenvalue weighted by Gasteiger charge is -2.34. The molecule has 0 aliphatic carbocycles. The molecule has 29 heavy (non-hydrogen) atoms. The summed E-state index contributed by atoms with van der Waals surface area (Å²) < 4.78 is 0. The normalized spacial score (nSPS) is 18.1. The lowest BCUT2D eigenvalue weighted by atomic mass is 10.2. The molecule has 8 heteroatoms. The van der Waals surface area contributed by atoms with E-state index in [1.807, 2.05) is 11.0 Å². The first-order chi connectivity index (χ1) is 14.1. The van der Waals surface area contributed by atoms with Gasteiger partial charge in [-0.1, -0.05) is 0 Å². The number of rotatable bonds is 4. The number of carbonyl (C=O) groups is 1. The molecule has 8 nitrogen and oxygen atoms in total. The minimum absolute atomic E-state index is 0.134. The third-order valence-electron chi connectivity index (χ3n) is 5.68. The van der Waals surface area contributed by atoms with Crippen molar-refractivity contribution < 1.29 is 4.79 Å². The number of amides is 1. The van der Waals surface area contributed by atoms with Crippen molar-refractivity contribution in [2.45, 2.75) is 6.92 Å². The molecule has 2 fully saturated rings. The Kier molecular flexibility index (Phi) is 5.80. The Morgan fingerprint density at radius 3 is 2.21 bits per heavy atom. The van der Waals surface area contributed by atoms with Crippen LogP contribution in [0.2, 0.25) is 0 Å². The number of benzene rings is 1. The third kappa shape index (κ3) is 4.76. The Bertz CT molecular complexity index is 825. The molecular weight excluding hydrogens is 366 g/mol. The van der Waals surface area contributed by atoms with Crippen LogP contribution in [-0.4, -0.2) is 85.1 Å². The molecule has 1 amide bonds. The molecule has 0 radical (unpaired) electrons. The number of aromatic nitrogens is 2. The van der Waals surface area contributed by atoms with Gasteiger partial charge in [0.1, 0.15) is 5.82 Å². The average Bonchev–Trinajstić information content (AvgIpc) is 2.75. The molecule has 1 aromatic heterocycles. The summed E-state index contributed by atoms with van der Waals surface area (Å²) in [6.07, 6.45) is 1.78. The predicted octanol–water partition coefficient (Wildman–Crippen LogP) is 1.64. The molecule has 1 aromatic carbocycles. The van der Waals surface area contributed by atoms with E-state index in [2.05, 4.69) is 61.3 Å². The van der Waals surface area contributed by atoms with E-state index in [-0.39, 0.29) is 5.91 Å². The molecule has 154 valence electrons. The second-order valence-electron chi connectivity index (χ2n) is 7.69. The smallest absolute Gasteiger partial charge is 0.229 e. The van der Waals surface area contributed by atoms with Gasteiger partial charge in [0.2, 0.25) is 11.9 Å². The number of nitrogens with zero attached hydrogens (tertiary/aromatic N) is 6. The Morgan fingerprint density at radius 1 is 0.897 bits per heavy atom. The minimum Gasteiger partial charge on any atom is -0.369 e. The van der Waals surface area contributed by atoms with Crippen molar-refractivity contribution in [3.63, 3.8) is 0 Å². The van der Waals surface area contributed by atoms with E-state index in [0.717, 1.165) is 63.9 Å². The largest absolute Gasteiger partial charge is 0.369 e. The van der Waals surface area contributed by atoms with Crippen LogP contribution in [0.5, 0.6) is 0 Å². The summed E-state index contributed by atoms with van der Waals surface area (Å²) in [5.74, 6) is 1.61. The van der Waals surface area contributed by atoms with Crippen molar-refractivity contribution in [2.75, 3.05) is 74.5 Å². The predicted molar refractivity (Wildman–Crippen MR) is 116 cm³/mol. The summed E-state index contributed by atoms with van der Waals surface area (Å²) in [5.41, 5.74) is 2.23. The second-order valence-corrected chi connectivity index (χ2v) is 7.69. The van der Waals surface area contributed by atoms with Gasteiger partial charge >= 0.3 is 0 Å². The van der Waals surface area contributed by atoms with Gasteiger partial charge in [-0.25, -0.2) is 4.98 Å². The molecule has 1 N–H and O–H groups in total. The van der Waals surface area contributed by atoms with Crippen molar-refractivity contribution in [3.8, 4) is 0 Å². The maximum atomic E-state index is 11.5. The van der Waals surface area contributed by atoms with Crippen molar-refractivity contribution in [1.29, 1.82) is 0 Å². The number of hydrogen-bond donors (Lipinski definition) is 1. The van der Waals surface area contributed by atoms with E-state index in [1.165, 1.54) is 5.69 Å². The van der Waals surface area contributed by atoms with Crippen LogP contribution < -0.4 is 15.1 Å². The molecule has 2 saturated heterocycles. The number of hydrogen-bond acceptors (Lipinski definition) is 7. The Hall–Kier alpha value is -2.87. The Labute approximate surface area is 172 Å². The Balaban J connectivity index is 1.37. The average molecular weight is 396 g/mol. The zero-order valence-corrected chi connectivity index (χ0v) is 17.2. The summed E-state index contributed by atoms with van der Waals surface area (Å²) in [6.45, 7) is 8.98. The fourth-order valence-corrected chi connectivity index (χ4v) is 3.79. The first-order valence-electron chi connectivity index (χ1n) is 10.2. The van der Waals surface area contributed by atoms with Gasteiger partial charge in [-0.05, 0) is 37.4 Å². The summed E-state index contributed by atoms with van der Waals surface area (Å²) >= 11 is 0. The molecule has 0 spiro atoms. The third-order valence-corrected chi connectivity index (χ3v) is 5.68. The number of nitrogens with one attached hydrogen (secondary N) is 1. The summed E-state index contributed by atoms with van der Waals surface area (Å²) in [7, 11) is 2.17. The van der Waals surface area contributed by atoms with Crippen LogP contribution in [0.15, 0.2) is 36.5 Å². The van der Waals surface area contributed by atoms with E-state index in [4.69, 9.17) is 0 Å². The zero-order valence-electron chi connectivity index (χ0n) is 17.2. The van der Waals surface area contributed by atoms with E-state index < -0.39 is 0 Å². The Morgan fingerprint density at radius 2 is 1.55 bits per heavy atom. The van der Waals surface area contributed by atoms with Gasteiger partial charge in [0.25, 0.3) is 0 Å². The van der Waals surface area contributed by atoms with Crippen LogP contribution in [0, 0.1) is 0 Å². The van der Waals surface area contributed by atoms with E-state index in [9.17, 15) is 4.79 Å². The maximum absolute atomic E-state index is 11.5. The number of likely N-dealkylation sites (N-methyl/N-ethyl adjacent to an activating group) is 1. The number of carbonyl (C=O) groups excluding carboxylic acids is 1. The van der Waals surface area contributed by atoms with Crippen LogP contribution >= 0.6 is 0 Å². The van der Waals surface area contributed by atoms with Crippen LogP contribution in [0.3, 0.4) is 0 Å². The minimum atomic E-state index is 0.134. The van der Waals surface area contributed by atoms with Gasteiger partial charge in [-0.15, -0.1) is 0 Å². The molecule has 3 heterocycles. The first-order valence-corrected chi connectivity index (χ1v) is 10.2. The van der Waals surface area contributed by atoms with Crippen molar-refractivity contribution in [3.05, 3.63) is 36.5 Å². The van der Waals surface area contributed by atoms with Crippen molar-refractivity contribution >= 4 is 29.0 Å². The zero-order chi connectivity index (χ0) is 20.2. The van der Waals surface area contributed by atoms with Gasteiger partial charge in [0.15, 0.2) is 0 Å². The van der Waals surface area contributed by atoms with Gasteiger partial charge < -0.3 is 24.9 Å². The van der Waals surface area contributed by atoms with Crippen LogP contribution in [0.25, 0.3) is 0 Å². The summed E-state index contributed by atoms with van der Waals surface area (Å²) in [4.78, 5) is 29.4. The topological polar surface area (TPSA) is 67.8 Å². The van der Waals surface area contributed by atoms with E-state index >= 15 is 0 Å². The fraction of sp³-hybridized carbons (Fsp3) is 0.476. The van der Waals surface area contributed by atoms with Crippen LogP contribution in [0.1, 0.15) is 6.92 Å². The first kappa shape index (κ1) is 19.4. The van der Waals surface area contributed by atoms with Crippen molar-refractivity contribution in [2.24, 2.45) is 0 Å². The standard InChI is InChI=1S/C21H29N7O/c1-17(29)26-13-15-28(16-14-26)20-7-8-22-21(24-20)23-18-3-5-19(6-4-18)27-11-9-25(2)10-12-27/h3-8H,9-16H2,1-2H3,(H,22,23,24). The molecule has 2 aromatic rings. The summed E-state index contributed by atoms with van der Waals surface area (Å²) in [5, 5.41) is 3.31. The number of anilines is 4. The second kappa shape index (κ2) is 8.65. The van der Waals surface area contributed by atoms with E-state index in [1.54, 1.807) is 13.1 Å². The fourth-order valence-electron chi connectivity index (χ4n) is 3.79. The molecular formula is C21H29N7O. The van der Waals surface area contributed by atoms with Gasteiger partial charge in [0, 0.05) is 76.9 Å². The molecule has 2 aliphatic rings. The van der Waals surface area contributed by atoms with Gasteiger partial charge in [0.05, 0.1) is 0 Å². The lowest BCUT2D eigenvalue weighted by molar-refractivity contribution is -0.129. The van der Waals surface area contributed by atoms with Crippen molar-refractivity contribution in [1.82, 2.24) is 19.8 Å². The molecule has 0 saturated carbocycles. The maximum Gasteiger partial charge on any atom is 0.229 e. The molecule has 4 rings (SSSR count). The van der Waals surface area contributed by atoms with Gasteiger partial charge in [-0.2, -0.15) is 4.98 Å².